The van der Waals surface area contributed by atoms with Crippen LogP contribution in [0.4, 0.5) is 14.6 Å². The number of likely N-dealkylation sites (N-methyl/N-ethyl adjacent to an activating group) is 1. The number of halogens is 2. The maximum absolute atomic E-state index is 14.2. The second-order valence-electron chi connectivity index (χ2n) is 13.7. The van der Waals surface area contributed by atoms with Crippen molar-refractivity contribution in [2.45, 2.75) is 32.4 Å². The van der Waals surface area contributed by atoms with Crippen LogP contribution in [0.3, 0.4) is 0 Å². The van der Waals surface area contributed by atoms with Crippen molar-refractivity contribution in [3.05, 3.63) is 101 Å². The van der Waals surface area contributed by atoms with E-state index in [4.69, 9.17) is 19.9 Å². The molecule has 0 aliphatic carbocycles. The zero-order chi connectivity index (χ0) is 34.9. The molecule has 6 rings (SSSR count). The molecule has 0 spiro atoms. The lowest BCUT2D eigenvalue weighted by Gasteiger charge is -2.34. The summed E-state index contributed by atoms with van der Waals surface area (Å²) < 4.78 is 48.3. The molecule has 13 heteroatoms. The van der Waals surface area contributed by atoms with E-state index in [1.807, 2.05) is 23.7 Å². The molecular weight excluding hydrogens is 649 g/mol. The number of carbonyl (C=O) groups is 2. The highest BCUT2D eigenvalue weighted by Gasteiger charge is 2.35. The monoisotopic (exact) mass is 688 g/mol. The van der Waals surface area contributed by atoms with Crippen molar-refractivity contribution in [1.82, 2.24) is 14.3 Å². The Bertz CT molecular complexity index is 2010. The van der Waals surface area contributed by atoms with Crippen LogP contribution in [-0.4, -0.2) is 78.6 Å². The predicted molar refractivity (Wildman–Crippen MR) is 185 cm³/mol. The second-order valence-corrected chi connectivity index (χ2v) is 19.3. The maximum atomic E-state index is 14.2. The molecule has 5 aromatic rings. The Hall–Kier alpha value is -4.69. The lowest BCUT2D eigenvalue weighted by atomic mass is 10.1. The molecular formula is C36H40F2N5O5Si+. The first-order chi connectivity index (χ1) is 23.3. The van der Waals surface area contributed by atoms with Gasteiger partial charge in [-0.15, -0.1) is 0 Å². The van der Waals surface area contributed by atoms with E-state index in [9.17, 15) is 18.4 Å². The summed E-state index contributed by atoms with van der Waals surface area (Å²) in [5.74, 6) is -2.29. The fourth-order valence-electron chi connectivity index (χ4n) is 5.75. The maximum Gasteiger partial charge on any atom is 0.345 e. The van der Waals surface area contributed by atoms with Crippen molar-refractivity contribution in [2.75, 3.05) is 45.7 Å². The summed E-state index contributed by atoms with van der Waals surface area (Å²) in [7, 11) is 0.577. The molecule has 3 heterocycles. The van der Waals surface area contributed by atoms with E-state index >= 15 is 0 Å². The number of quaternary nitrogens is 1. The molecule has 2 N–H and O–H groups in total. The van der Waals surface area contributed by atoms with Crippen molar-refractivity contribution in [3.8, 4) is 17.2 Å². The van der Waals surface area contributed by atoms with E-state index < -0.39 is 19.7 Å². The van der Waals surface area contributed by atoms with Crippen LogP contribution in [-0.2, 0) is 16.2 Å². The van der Waals surface area contributed by atoms with Gasteiger partial charge in [-0.2, -0.15) is 9.49 Å². The molecule has 256 valence electrons. The number of ether oxygens (including phenoxy) is 3. The number of ketones is 1. The third-order valence-electron chi connectivity index (χ3n) is 8.82. The van der Waals surface area contributed by atoms with E-state index in [2.05, 4.69) is 24.7 Å². The fraction of sp³-hybridized carbons (Fsp3) is 0.306. The molecule has 3 aromatic carbocycles. The van der Waals surface area contributed by atoms with Crippen LogP contribution in [0.25, 0.3) is 16.6 Å². The van der Waals surface area contributed by atoms with E-state index in [0.29, 0.717) is 49.9 Å². The highest BCUT2D eigenvalue weighted by Crippen LogP contribution is 2.30. The Morgan fingerprint density at radius 2 is 1.76 bits per heavy atom. The number of nitrogens with two attached hydrogens (primary N) is 1. The van der Waals surface area contributed by atoms with Crippen LogP contribution in [0.1, 0.15) is 26.4 Å². The van der Waals surface area contributed by atoms with Crippen LogP contribution in [0.5, 0.6) is 11.5 Å². The molecule has 0 atom stereocenters. The van der Waals surface area contributed by atoms with Crippen LogP contribution in [0.15, 0.2) is 72.9 Å². The van der Waals surface area contributed by atoms with Crippen molar-refractivity contribution in [2.24, 2.45) is 0 Å². The number of rotatable bonds is 11. The summed E-state index contributed by atoms with van der Waals surface area (Å²) in [4.78, 5) is 27.8. The Labute approximate surface area is 284 Å². The van der Waals surface area contributed by atoms with E-state index in [-0.39, 0.29) is 45.8 Å². The Kier molecular flexibility index (Phi) is 9.53. The Balaban J connectivity index is 1.29. The molecule has 1 saturated heterocycles. The second kappa shape index (κ2) is 13.7. The number of anilines is 1. The molecule has 1 aliphatic heterocycles. The van der Waals surface area contributed by atoms with Gasteiger partial charge in [0.25, 0.3) is 0 Å². The quantitative estimate of drug-likeness (QED) is 0.0717. The summed E-state index contributed by atoms with van der Waals surface area (Å²) in [6.07, 6.45) is 1.41. The van der Waals surface area contributed by atoms with Crippen molar-refractivity contribution in [1.29, 1.82) is 0 Å². The van der Waals surface area contributed by atoms with Crippen molar-refractivity contribution >= 4 is 36.5 Å². The standard InChI is InChI=1S/C36H39F2N5O5Si/c1-43(14-16-46-17-15-43)36(45)24-8-13-30-25(20-24)21-31(41(30)23-47-18-19-49(2,3)4)34(44)28-22-40-42(35(28)39)26-9-11-27(12-10-26)48-32-7-5-6-29(37)33(32)38/h5-13,20-22H,14-19,23H2,1-4H3,(H-,39,40,44)/p+1. The van der Waals surface area contributed by atoms with E-state index in [0.717, 1.165) is 23.0 Å². The number of nitrogen functional groups attached to an aromatic ring is 1. The van der Waals surface area contributed by atoms with Crippen LogP contribution < -0.4 is 10.5 Å². The largest absolute Gasteiger partial charge is 0.454 e. The minimum Gasteiger partial charge on any atom is -0.454 e. The fourth-order valence-corrected chi connectivity index (χ4v) is 6.50. The van der Waals surface area contributed by atoms with Gasteiger partial charge in [-0.05, 0) is 66.7 Å². The first-order valence-electron chi connectivity index (χ1n) is 16.1. The van der Waals surface area contributed by atoms with Crippen LogP contribution in [0, 0.1) is 11.6 Å². The van der Waals surface area contributed by atoms with E-state index in [1.54, 1.807) is 36.4 Å². The minimum atomic E-state index is -1.35. The zero-order valence-electron chi connectivity index (χ0n) is 28.0. The topological polar surface area (TPSA) is 111 Å². The molecule has 1 fully saturated rings. The van der Waals surface area contributed by atoms with Gasteiger partial charge in [0.15, 0.2) is 11.6 Å². The minimum absolute atomic E-state index is 0.000202. The highest BCUT2D eigenvalue weighted by molar-refractivity contribution is 6.76. The van der Waals surface area contributed by atoms with Gasteiger partial charge in [0, 0.05) is 20.1 Å². The average molecular weight is 689 g/mol. The van der Waals surface area contributed by atoms with Gasteiger partial charge in [0.1, 0.15) is 31.4 Å². The zero-order valence-corrected chi connectivity index (χ0v) is 29.0. The number of hydrogen-bond donors (Lipinski definition) is 1. The van der Waals surface area contributed by atoms with Gasteiger partial charge in [-0.3, -0.25) is 9.28 Å². The first kappa shape index (κ1) is 34.2. The van der Waals surface area contributed by atoms with Crippen LogP contribution in [0.2, 0.25) is 25.7 Å². The third kappa shape index (κ3) is 7.20. The summed E-state index contributed by atoms with van der Waals surface area (Å²) in [6.45, 7) is 9.77. The number of hydrogen-bond acceptors (Lipinski definition) is 7. The lowest BCUT2D eigenvalue weighted by molar-refractivity contribution is -0.837. The summed E-state index contributed by atoms with van der Waals surface area (Å²) in [6, 6.07) is 18.3. The smallest absolute Gasteiger partial charge is 0.345 e. The Morgan fingerprint density at radius 3 is 2.47 bits per heavy atom. The Morgan fingerprint density at radius 1 is 1.02 bits per heavy atom. The number of amides is 1. The molecule has 0 unspecified atom stereocenters. The van der Waals surface area contributed by atoms with E-state index in [1.165, 1.54) is 23.0 Å². The van der Waals surface area contributed by atoms with Crippen molar-refractivity contribution in [3.63, 3.8) is 0 Å². The van der Waals surface area contributed by atoms with Gasteiger partial charge in [-0.1, -0.05) is 25.7 Å². The summed E-state index contributed by atoms with van der Waals surface area (Å²) in [5.41, 5.74) is 8.90. The normalized spacial score (nSPS) is 14.7. The number of fused-ring (bicyclic) bond motifs is 1. The molecule has 10 nitrogen and oxygen atoms in total. The van der Waals surface area contributed by atoms with Crippen molar-refractivity contribution < 1.29 is 37.1 Å². The van der Waals surface area contributed by atoms with Gasteiger partial charge >= 0.3 is 5.91 Å². The number of aromatic nitrogens is 3. The number of morpholine rings is 1. The predicted octanol–water partition coefficient (Wildman–Crippen LogP) is 6.64. The number of nitrogens with zero attached hydrogens (tertiary/aromatic N) is 4. The van der Waals surface area contributed by atoms with Gasteiger partial charge in [-0.25, -0.2) is 13.9 Å². The molecule has 0 bridgehead atoms. The van der Waals surface area contributed by atoms with Crippen LogP contribution >= 0.6 is 0 Å². The SMILES string of the molecule is C[N+]1(C(=O)c2ccc3c(c2)cc(C(=O)c2cnn(-c4ccc(Oc5cccc(F)c5F)cc4)c2N)n3COCC[Si](C)(C)C)CCOCC1. The van der Waals surface area contributed by atoms with Gasteiger partial charge in [0.05, 0.1) is 54.5 Å². The number of carbonyl (C=O) groups excluding carboxylic acids is 2. The molecule has 1 amide bonds. The molecule has 49 heavy (non-hydrogen) atoms. The molecule has 1 aliphatic rings. The molecule has 0 radical (unpaired) electrons. The third-order valence-corrected chi connectivity index (χ3v) is 10.5. The molecule has 2 aromatic heterocycles. The summed E-state index contributed by atoms with van der Waals surface area (Å²) >= 11 is 0. The van der Waals surface area contributed by atoms with Gasteiger partial charge < -0.3 is 24.5 Å². The first-order valence-corrected chi connectivity index (χ1v) is 19.8. The molecule has 0 saturated carbocycles. The average Bonchev–Trinajstić information content (AvgIpc) is 3.64. The number of benzene rings is 3. The highest BCUT2D eigenvalue weighted by atomic mass is 28.3. The lowest BCUT2D eigenvalue weighted by Crippen LogP contribution is -2.55. The van der Waals surface area contributed by atoms with Gasteiger partial charge in [0.2, 0.25) is 11.6 Å². The summed E-state index contributed by atoms with van der Waals surface area (Å²) in [5, 5.41) is 5.12.